The molecule has 5 aromatic rings. The first-order valence-corrected chi connectivity index (χ1v) is 14.6. The molecule has 40 heavy (non-hydrogen) atoms. The average molecular weight is 563 g/mol. The number of nitrogens with one attached hydrogen (secondary N) is 1. The van der Waals surface area contributed by atoms with Crippen molar-refractivity contribution in [2.24, 2.45) is 7.05 Å². The summed E-state index contributed by atoms with van der Waals surface area (Å²) in [6.45, 7) is 6.37. The van der Waals surface area contributed by atoms with Crippen molar-refractivity contribution in [2.75, 3.05) is 34.0 Å². The fourth-order valence-electron chi connectivity index (χ4n) is 4.95. The molecule has 3 aromatic heterocycles. The van der Waals surface area contributed by atoms with E-state index in [9.17, 15) is 8.42 Å². The lowest BCUT2D eigenvalue weighted by atomic mass is 10.1. The predicted molar refractivity (Wildman–Crippen MR) is 157 cm³/mol. The smallest absolute Gasteiger partial charge is 0.269 e. The van der Waals surface area contributed by atoms with Crippen molar-refractivity contribution in [1.82, 2.24) is 18.8 Å². The normalized spacial score (nSPS) is 11.9. The van der Waals surface area contributed by atoms with E-state index in [1.165, 1.54) is 3.97 Å². The van der Waals surface area contributed by atoms with Gasteiger partial charge in [-0.15, -0.1) is 0 Å². The van der Waals surface area contributed by atoms with Gasteiger partial charge >= 0.3 is 0 Å². The molecule has 3 heterocycles. The lowest BCUT2D eigenvalue weighted by Gasteiger charge is -2.12. The summed E-state index contributed by atoms with van der Waals surface area (Å²) in [6.07, 6.45) is 3.59. The van der Waals surface area contributed by atoms with Crippen LogP contribution in [0.1, 0.15) is 18.1 Å². The Bertz CT molecular complexity index is 1770. The van der Waals surface area contributed by atoms with Crippen LogP contribution in [-0.2, 0) is 28.4 Å². The zero-order chi connectivity index (χ0) is 28.4. The Morgan fingerprint density at radius 2 is 1.70 bits per heavy atom. The summed E-state index contributed by atoms with van der Waals surface area (Å²) in [6, 6.07) is 14.5. The van der Waals surface area contributed by atoms with E-state index in [0.717, 1.165) is 33.0 Å². The van der Waals surface area contributed by atoms with Gasteiger partial charge < -0.3 is 24.1 Å². The number of hydrogen-bond acceptors (Lipinski definition) is 7. The van der Waals surface area contributed by atoms with Gasteiger partial charge in [-0.05, 0) is 49.7 Å². The van der Waals surface area contributed by atoms with Gasteiger partial charge in [0.2, 0.25) is 0 Å². The van der Waals surface area contributed by atoms with Crippen LogP contribution in [-0.4, -0.2) is 55.9 Å². The molecule has 210 valence electrons. The zero-order valence-corrected chi connectivity index (χ0v) is 24.2. The maximum absolute atomic E-state index is 14.3. The van der Waals surface area contributed by atoms with Crippen LogP contribution in [0.5, 0.6) is 11.5 Å². The van der Waals surface area contributed by atoms with Crippen LogP contribution in [0.25, 0.3) is 33.2 Å². The van der Waals surface area contributed by atoms with Gasteiger partial charge in [-0.25, -0.2) is 17.4 Å². The highest BCUT2D eigenvalue weighted by Crippen LogP contribution is 2.41. The van der Waals surface area contributed by atoms with Crippen LogP contribution in [0, 0.1) is 6.92 Å². The maximum Gasteiger partial charge on any atom is 0.269 e. The van der Waals surface area contributed by atoms with Crippen molar-refractivity contribution in [3.63, 3.8) is 0 Å². The van der Waals surface area contributed by atoms with E-state index < -0.39 is 10.0 Å². The largest absolute Gasteiger partial charge is 0.493 e. The zero-order valence-electron chi connectivity index (χ0n) is 23.4. The first kappa shape index (κ1) is 27.7. The fraction of sp³-hybridized carbons (Fsp3) is 0.300. The Morgan fingerprint density at radius 3 is 2.40 bits per heavy atom. The Labute approximate surface area is 234 Å². The molecular formula is C30H34N4O5S. The Hall–Kier alpha value is -3.86. The van der Waals surface area contributed by atoms with Gasteiger partial charge in [-0.3, -0.25) is 0 Å². The standard InChI is InChI=1S/C30H34N4O5S/c1-6-39-14-13-31-18-21-11-12-32-30-23(21)15-27(34(30)40(35,36)22-9-7-20(2)8-10-22)25-19-33(3)26-17-29(38-5)28(37-4)16-24(25)26/h7-12,15-17,19,31H,6,13-14,18H2,1-5H3. The van der Waals surface area contributed by atoms with E-state index in [0.29, 0.717) is 49.1 Å². The minimum Gasteiger partial charge on any atom is -0.493 e. The molecule has 5 rings (SSSR count). The second kappa shape index (κ2) is 11.3. The van der Waals surface area contributed by atoms with Crippen molar-refractivity contribution >= 4 is 32.0 Å². The highest BCUT2D eigenvalue weighted by Gasteiger charge is 2.27. The van der Waals surface area contributed by atoms with Crippen molar-refractivity contribution in [3.8, 4) is 22.8 Å². The fourth-order valence-corrected chi connectivity index (χ4v) is 6.43. The quantitative estimate of drug-likeness (QED) is 0.229. The van der Waals surface area contributed by atoms with Gasteiger partial charge in [-0.1, -0.05) is 17.7 Å². The molecule has 0 aliphatic carbocycles. The van der Waals surface area contributed by atoms with Gasteiger partial charge in [0.05, 0.1) is 36.9 Å². The molecule has 0 bridgehead atoms. The molecule has 9 nitrogen and oxygen atoms in total. The van der Waals surface area contributed by atoms with E-state index in [4.69, 9.17) is 14.2 Å². The highest BCUT2D eigenvalue weighted by molar-refractivity contribution is 7.90. The van der Waals surface area contributed by atoms with Crippen LogP contribution in [0.2, 0.25) is 0 Å². The number of rotatable bonds is 11. The SMILES string of the molecule is CCOCCNCc1ccnc2c1cc(-c1cn(C)c3cc(OC)c(OC)cc13)n2S(=O)(=O)c1ccc(C)cc1. The number of ether oxygens (including phenoxy) is 3. The number of pyridine rings is 1. The minimum atomic E-state index is -4.01. The first-order valence-electron chi connectivity index (χ1n) is 13.1. The summed E-state index contributed by atoms with van der Waals surface area (Å²) < 4.78 is 48.4. The summed E-state index contributed by atoms with van der Waals surface area (Å²) >= 11 is 0. The first-order chi connectivity index (χ1) is 19.3. The van der Waals surface area contributed by atoms with E-state index in [2.05, 4.69) is 10.3 Å². The Morgan fingerprint density at radius 1 is 0.975 bits per heavy atom. The molecule has 0 aliphatic rings. The molecule has 0 spiro atoms. The van der Waals surface area contributed by atoms with Crippen LogP contribution in [0.15, 0.2) is 65.8 Å². The average Bonchev–Trinajstić information content (AvgIpc) is 3.50. The summed E-state index contributed by atoms with van der Waals surface area (Å²) in [5, 5.41) is 4.98. The lowest BCUT2D eigenvalue weighted by Crippen LogP contribution is -2.19. The minimum absolute atomic E-state index is 0.193. The second-order valence-electron chi connectivity index (χ2n) is 9.57. The van der Waals surface area contributed by atoms with Crippen LogP contribution in [0.3, 0.4) is 0 Å². The molecule has 2 aromatic carbocycles. The van der Waals surface area contributed by atoms with Crippen molar-refractivity contribution in [3.05, 3.63) is 72.1 Å². The number of aromatic nitrogens is 3. The Balaban J connectivity index is 1.76. The summed E-state index contributed by atoms with van der Waals surface area (Å²) in [7, 11) is 1.09. The van der Waals surface area contributed by atoms with E-state index >= 15 is 0 Å². The van der Waals surface area contributed by atoms with Gasteiger partial charge in [0, 0.05) is 61.5 Å². The van der Waals surface area contributed by atoms with E-state index in [1.54, 1.807) is 44.7 Å². The molecule has 0 aliphatic heterocycles. The molecule has 0 atom stereocenters. The Kier molecular flexibility index (Phi) is 7.84. The number of nitrogens with zero attached hydrogens (tertiary/aromatic N) is 3. The number of benzene rings is 2. The molecule has 0 radical (unpaired) electrons. The van der Waals surface area contributed by atoms with Gasteiger partial charge in [-0.2, -0.15) is 0 Å². The lowest BCUT2D eigenvalue weighted by molar-refractivity contribution is 0.149. The third-order valence-electron chi connectivity index (χ3n) is 7.02. The highest BCUT2D eigenvalue weighted by atomic mass is 32.2. The maximum atomic E-state index is 14.3. The van der Waals surface area contributed by atoms with Gasteiger partial charge in [0.1, 0.15) is 0 Å². The van der Waals surface area contributed by atoms with Crippen LogP contribution >= 0.6 is 0 Å². The number of fused-ring (bicyclic) bond motifs is 2. The summed E-state index contributed by atoms with van der Waals surface area (Å²) in [5.74, 6) is 1.15. The van der Waals surface area contributed by atoms with Crippen molar-refractivity contribution in [1.29, 1.82) is 0 Å². The molecular weight excluding hydrogens is 528 g/mol. The van der Waals surface area contributed by atoms with Gasteiger partial charge in [0.25, 0.3) is 10.0 Å². The second-order valence-corrected chi connectivity index (χ2v) is 11.4. The number of hydrogen-bond donors (Lipinski definition) is 1. The molecule has 1 N–H and O–H groups in total. The van der Waals surface area contributed by atoms with Crippen LogP contribution in [0.4, 0.5) is 0 Å². The molecule has 0 saturated carbocycles. The van der Waals surface area contributed by atoms with Crippen molar-refractivity contribution in [2.45, 2.75) is 25.3 Å². The van der Waals surface area contributed by atoms with Crippen LogP contribution < -0.4 is 14.8 Å². The summed E-state index contributed by atoms with van der Waals surface area (Å²) in [5.41, 5.74) is 4.43. The molecule has 0 saturated heterocycles. The predicted octanol–water partition coefficient (Wildman–Crippen LogP) is 4.88. The molecule has 10 heteroatoms. The topological polar surface area (TPSA) is 96.6 Å². The number of aryl methyl sites for hydroxylation is 2. The van der Waals surface area contributed by atoms with E-state index in [-0.39, 0.29) is 4.90 Å². The van der Waals surface area contributed by atoms with Crippen molar-refractivity contribution < 1.29 is 22.6 Å². The molecule has 0 amide bonds. The third kappa shape index (κ3) is 4.94. The molecule has 0 fully saturated rings. The van der Waals surface area contributed by atoms with Gasteiger partial charge in [0.15, 0.2) is 17.1 Å². The summed E-state index contributed by atoms with van der Waals surface area (Å²) in [4.78, 5) is 4.78. The number of methoxy groups -OCH3 is 2. The third-order valence-corrected chi connectivity index (χ3v) is 8.74. The monoisotopic (exact) mass is 562 g/mol. The molecule has 0 unspecified atom stereocenters. The van der Waals surface area contributed by atoms with E-state index in [1.807, 2.05) is 55.9 Å².